The van der Waals surface area contributed by atoms with Crippen molar-refractivity contribution >= 4 is 22.4 Å². The lowest BCUT2D eigenvalue weighted by atomic mass is 9.82. The van der Waals surface area contributed by atoms with Crippen LogP contribution in [-0.2, 0) is 20.8 Å². The van der Waals surface area contributed by atoms with Crippen LogP contribution in [0.25, 0.3) is 10.8 Å². The van der Waals surface area contributed by atoms with Gasteiger partial charge in [0.2, 0.25) is 6.79 Å². The Morgan fingerprint density at radius 3 is 2.47 bits per heavy atom. The van der Waals surface area contributed by atoms with E-state index in [-0.39, 0.29) is 25.3 Å². The molecule has 2 aliphatic heterocycles. The Morgan fingerprint density at radius 2 is 1.73 bits per heavy atom. The van der Waals surface area contributed by atoms with Gasteiger partial charge < -0.3 is 29.4 Å². The Balaban J connectivity index is 1.78. The number of cyclic esters (lactones) is 1. The lowest BCUT2D eigenvalue weighted by molar-refractivity contribution is 0.0534. The lowest BCUT2D eigenvalue weighted by Crippen LogP contribution is -2.11. The molecule has 1 fully saturated rings. The van der Waals surface area contributed by atoms with Gasteiger partial charge in [0.05, 0.1) is 18.8 Å². The van der Waals surface area contributed by atoms with Crippen LogP contribution in [0.3, 0.4) is 0 Å². The number of carbonyl (C=O) groups excluding carboxylic acids is 1. The van der Waals surface area contributed by atoms with Crippen LogP contribution >= 0.6 is 0 Å². The second-order valence-corrected chi connectivity index (χ2v) is 7.32. The monoisotopic (exact) mass is 409 g/mol. The molecular weight excluding hydrogens is 386 g/mol. The number of fused-ring (bicyclic) bond motifs is 3. The first kappa shape index (κ1) is 18.7. The van der Waals surface area contributed by atoms with Gasteiger partial charge in [-0.25, -0.2) is 4.79 Å². The number of nitrogen functional groups attached to an aromatic ring is 1. The Hall–Kier alpha value is -3.35. The van der Waals surface area contributed by atoms with Gasteiger partial charge >= 0.3 is 5.97 Å². The standard InChI is InChI=1S/C23H23NO6/c1-3-26-18-8-13-14(9-19(18)27-4-2)22(24)15-10-28-23(25)21(15)20(13)12-5-6-16-17(7-12)30-11-29-16/h6-9,12H,3-5,10-11,24H2,1-2H3. The van der Waals surface area contributed by atoms with E-state index in [1.165, 1.54) is 0 Å². The third kappa shape index (κ3) is 2.76. The number of allylic oxidation sites excluding steroid dienone is 2. The quantitative estimate of drug-likeness (QED) is 0.586. The van der Waals surface area contributed by atoms with Gasteiger partial charge in [0, 0.05) is 22.6 Å². The molecule has 0 spiro atoms. The molecule has 0 bridgehead atoms. The van der Waals surface area contributed by atoms with E-state index in [2.05, 4.69) is 0 Å². The molecule has 1 unspecified atom stereocenters. The smallest absolute Gasteiger partial charge is 0.339 e. The van der Waals surface area contributed by atoms with E-state index in [1.54, 1.807) is 0 Å². The van der Waals surface area contributed by atoms with Crippen LogP contribution in [0.1, 0.15) is 47.7 Å². The van der Waals surface area contributed by atoms with Gasteiger partial charge in [-0.2, -0.15) is 0 Å². The van der Waals surface area contributed by atoms with Gasteiger partial charge in [0.1, 0.15) is 6.61 Å². The van der Waals surface area contributed by atoms with E-state index in [0.717, 1.165) is 27.7 Å². The normalized spacial score (nSPS) is 19.3. The van der Waals surface area contributed by atoms with E-state index in [1.807, 2.05) is 38.1 Å². The number of carbonyl (C=O) groups is 1. The molecule has 2 heterocycles. The Labute approximate surface area is 174 Å². The summed E-state index contributed by atoms with van der Waals surface area (Å²) in [5.41, 5.74) is 9.19. The molecule has 1 atom stereocenters. The van der Waals surface area contributed by atoms with Crippen molar-refractivity contribution in [2.75, 3.05) is 25.7 Å². The lowest BCUT2D eigenvalue weighted by Gasteiger charge is -2.23. The van der Waals surface area contributed by atoms with Crippen LogP contribution in [-0.4, -0.2) is 26.0 Å². The molecule has 1 aliphatic carbocycles. The molecule has 0 amide bonds. The molecule has 1 saturated heterocycles. The minimum absolute atomic E-state index is 0.0830. The highest BCUT2D eigenvalue weighted by atomic mass is 16.7. The summed E-state index contributed by atoms with van der Waals surface area (Å²) in [6.45, 7) is 5.22. The van der Waals surface area contributed by atoms with Crippen molar-refractivity contribution in [3.8, 4) is 11.5 Å². The van der Waals surface area contributed by atoms with Crippen molar-refractivity contribution in [1.82, 2.24) is 0 Å². The van der Waals surface area contributed by atoms with E-state index < -0.39 is 0 Å². The van der Waals surface area contributed by atoms with Crippen LogP contribution in [0, 0.1) is 0 Å². The number of rotatable bonds is 5. The van der Waals surface area contributed by atoms with E-state index in [9.17, 15) is 4.79 Å². The van der Waals surface area contributed by atoms with Crippen LogP contribution < -0.4 is 15.2 Å². The molecular formula is C23H23NO6. The summed E-state index contributed by atoms with van der Waals surface area (Å²) < 4.78 is 28.1. The Morgan fingerprint density at radius 1 is 1.03 bits per heavy atom. The second kappa shape index (κ2) is 7.16. The van der Waals surface area contributed by atoms with E-state index in [0.29, 0.717) is 48.1 Å². The summed E-state index contributed by atoms with van der Waals surface area (Å²) in [5, 5.41) is 1.68. The van der Waals surface area contributed by atoms with Gasteiger partial charge in [0.15, 0.2) is 23.0 Å². The van der Waals surface area contributed by atoms with Gasteiger partial charge in [0.25, 0.3) is 0 Å². The third-order valence-electron chi connectivity index (χ3n) is 5.66. The first-order valence-corrected chi connectivity index (χ1v) is 10.1. The first-order chi connectivity index (χ1) is 14.6. The Bertz CT molecular complexity index is 1120. The first-order valence-electron chi connectivity index (χ1n) is 10.1. The predicted octanol–water partition coefficient (Wildman–Crippen LogP) is 4.15. The maximum Gasteiger partial charge on any atom is 0.339 e. The fourth-order valence-corrected chi connectivity index (χ4v) is 4.39. The molecule has 0 radical (unpaired) electrons. The predicted molar refractivity (Wildman–Crippen MR) is 110 cm³/mol. The highest BCUT2D eigenvalue weighted by Crippen LogP contribution is 2.47. The van der Waals surface area contributed by atoms with E-state index in [4.69, 9.17) is 29.4 Å². The highest BCUT2D eigenvalue weighted by molar-refractivity contribution is 6.09. The molecule has 7 heteroatoms. The maximum absolute atomic E-state index is 12.7. The molecule has 0 saturated carbocycles. The SMILES string of the molecule is CCOc1cc2c(N)c3c(c(C4C=C5OCOC5=CC4)c2cc1OCC)C(=O)OC3. The summed E-state index contributed by atoms with van der Waals surface area (Å²) in [4.78, 5) is 12.7. The molecule has 2 N–H and O–H groups in total. The van der Waals surface area contributed by atoms with Crippen molar-refractivity contribution < 1.29 is 28.5 Å². The zero-order valence-electron chi connectivity index (χ0n) is 16.9. The van der Waals surface area contributed by atoms with Crippen molar-refractivity contribution in [3.63, 3.8) is 0 Å². The van der Waals surface area contributed by atoms with Gasteiger partial charge in [-0.1, -0.05) is 0 Å². The number of benzene rings is 2. The van der Waals surface area contributed by atoms with Gasteiger partial charge in [-0.15, -0.1) is 0 Å². The number of esters is 1. The van der Waals surface area contributed by atoms with Crippen molar-refractivity contribution in [2.24, 2.45) is 0 Å². The molecule has 0 aromatic heterocycles. The van der Waals surface area contributed by atoms with Crippen molar-refractivity contribution in [1.29, 1.82) is 0 Å². The minimum Gasteiger partial charge on any atom is -0.490 e. The maximum atomic E-state index is 12.7. The summed E-state index contributed by atoms with van der Waals surface area (Å²) in [7, 11) is 0. The molecule has 156 valence electrons. The number of hydrogen-bond acceptors (Lipinski definition) is 7. The summed E-state index contributed by atoms with van der Waals surface area (Å²) in [5.74, 6) is 2.27. The van der Waals surface area contributed by atoms with Crippen molar-refractivity contribution in [2.45, 2.75) is 32.8 Å². The molecule has 2 aromatic rings. The zero-order chi connectivity index (χ0) is 20.8. The molecule has 5 rings (SSSR count). The third-order valence-corrected chi connectivity index (χ3v) is 5.66. The molecule has 3 aliphatic rings. The average molecular weight is 409 g/mol. The fraction of sp³-hybridized carbons (Fsp3) is 0.348. The highest BCUT2D eigenvalue weighted by Gasteiger charge is 2.35. The van der Waals surface area contributed by atoms with Crippen LogP contribution in [0.5, 0.6) is 11.5 Å². The largest absolute Gasteiger partial charge is 0.490 e. The van der Waals surface area contributed by atoms with Gasteiger partial charge in [-0.05, 0) is 55.5 Å². The summed E-state index contributed by atoms with van der Waals surface area (Å²) >= 11 is 0. The molecule has 2 aromatic carbocycles. The van der Waals surface area contributed by atoms with Crippen LogP contribution in [0.15, 0.2) is 35.8 Å². The fourth-order valence-electron chi connectivity index (χ4n) is 4.39. The van der Waals surface area contributed by atoms with Crippen LogP contribution in [0.2, 0.25) is 0 Å². The van der Waals surface area contributed by atoms with Crippen molar-refractivity contribution in [3.05, 3.63) is 52.5 Å². The molecule has 7 nitrogen and oxygen atoms in total. The van der Waals surface area contributed by atoms with E-state index >= 15 is 0 Å². The number of nitrogens with two attached hydrogens (primary N) is 1. The number of hydrogen-bond donors (Lipinski definition) is 1. The topological polar surface area (TPSA) is 89.2 Å². The number of ether oxygens (including phenoxy) is 5. The molecule has 30 heavy (non-hydrogen) atoms. The summed E-state index contributed by atoms with van der Waals surface area (Å²) in [6.07, 6.45) is 4.69. The summed E-state index contributed by atoms with van der Waals surface area (Å²) in [6, 6.07) is 3.82. The second-order valence-electron chi connectivity index (χ2n) is 7.32. The van der Waals surface area contributed by atoms with Crippen LogP contribution in [0.4, 0.5) is 5.69 Å². The minimum atomic E-state index is -0.350. The number of anilines is 1. The van der Waals surface area contributed by atoms with Gasteiger partial charge in [-0.3, -0.25) is 0 Å². The zero-order valence-corrected chi connectivity index (χ0v) is 16.9. The Kier molecular flexibility index (Phi) is 4.46. The average Bonchev–Trinajstić information content (AvgIpc) is 3.36.